The summed E-state index contributed by atoms with van der Waals surface area (Å²) in [6.07, 6.45) is 9.32. The first-order valence-corrected chi connectivity index (χ1v) is 7.89. The quantitative estimate of drug-likeness (QED) is 0.830. The summed E-state index contributed by atoms with van der Waals surface area (Å²) in [6.45, 7) is 3.20. The predicted octanol–water partition coefficient (Wildman–Crippen LogP) is 3.93. The molecule has 3 atom stereocenters. The number of fused-ring (bicyclic) bond motifs is 2. The zero-order chi connectivity index (χ0) is 13.2. The number of halogens is 1. The van der Waals surface area contributed by atoms with E-state index in [4.69, 9.17) is 11.6 Å². The van der Waals surface area contributed by atoms with Crippen LogP contribution in [-0.4, -0.2) is 16.5 Å². The second-order valence-corrected chi connectivity index (χ2v) is 6.42. The summed E-state index contributed by atoms with van der Waals surface area (Å²) in [4.78, 5) is 8.47. The van der Waals surface area contributed by atoms with Crippen molar-refractivity contribution in [2.75, 3.05) is 11.9 Å². The molecule has 0 aromatic carbocycles. The molecule has 0 aliphatic heterocycles. The Morgan fingerprint density at radius 3 is 2.89 bits per heavy atom. The molecule has 104 valence electrons. The third-order valence-corrected chi connectivity index (χ3v) is 5.13. The highest BCUT2D eigenvalue weighted by Gasteiger charge is 2.39. The molecule has 3 rings (SSSR count). The number of aromatic nitrogens is 2. The van der Waals surface area contributed by atoms with Gasteiger partial charge in [-0.2, -0.15) is 0 Å². The molecule has 1 heterocycles. The maximum atomic E-state index is 6.18. The highest BCUT2D eigenvalue weighted by Crippen LogP contribution is 2.48. The van der Waals surface area contributed by atoms with Gasteiger partial charge in [0.15, 0.2) is 0 Å². The molecular weight excluding hydrogens is 258 g/mol. The van der Waals surface area contributed by atoms with Gasteiger partial charge in [0, 0.05) is 12.1 Å². The zero-order valence-corrected chi connectivity index (χ0v) is 12.3. The molecule has 3 unspecified atom stereocenters. The molecule has 1 aromatic heterocycles. The summed E-state index contributed by atoms with van der Waals surface area (Å²) < 4.78 is 0. The molecule has 0 radical (unpaired) electrons. The minimum atomic E-state index is 0.604. The molecule has 2 aliphatic carbocycles. The first kappa shape index (κ1) is 13.2. The fourth-order valence-corrected chi connectivity index (χ4v) is 4.10. The summed E-state index contributed by atoms with van der Waals surface area (Å²) in [5.74, 6) is 3.73. The van der Waals surface area contributed by atoms with Crippen LogP contribution < -0.4 is 5.32 Å². The lowest BCUT2D eigenvalue weighted by molar-refractivity contribution is 0.348. The molecule has 2 bridgehead atoms. The number of rotatable bonds is 5. The van der Waals surface area contributed by atoms with Gasteiger partial charge in [0.05, 0.1) is 0 Å². The second kappa shape index (κ2) is 5.66. The van der Waals surface area contributed by atoms with Gasteiger partial charge in [-0.25, -0.2) is 9.97 Å². The van der Waals surface area contributed by atoms with Crippen molar-refractivity contribution >= 4 is 17.4 Å². The van der Waals surface area contributed by atoms with Gasteiger partial charge in [0.2, 0.25) is 0 Å². The molecule has 2 fully saturated rings. The van der Waals surface area contributed by atoms with Crippen molar-refractivity contribution in [1.29, 1.82) is 0 Å². The van der Waals surface area contributed by atoms with Crippen LogP contribution in [0.5, 0.6) is 0 Å². The van der Waals surface area contributed by atoms with Crippen molar-refractivity contribution in [3.05, 3.63) is 17.0 Å². The van der Waals surface area contributed by atoms with Crippen LogP contribution in [0.4, 0.5) is 5.82 Å². The fraction of sp³-hybridized carbons (Fsp3) is 0.733. The largest absolute Gasteiger partial charge is 0.369 e. The maximum absolute atomic E-state index is 6.18. The van der Waals surface area contributed by atoms with Gasteiger partial charge in [0.1, 0.15) is 17.3 Å². The van der Waals surface area contributed by atoms with Gasteiger partial charge < -0.3 is 5.32 Å². The van der Waals surface area contributed by atoms with E-state index in [1.165, 1.54) is 25.7 Å². The molecule has 2 saturated carbocycles. The van der Waals surface area contributed by atoms with Crippen LogP contribution in [0, 0.1) is 17.8 Å². The van der Waals surface area contributed by atoms with Crippen LogP contribution in [0.2, 0.25) is 5.15 Å². The van der Waals surface area contributed by atoms with Gasteiger partial charge in [-0.05, 0) is 43.4 Å². The Bertz CT molecular complexity index is 449. The minimum absolute atomic E-state index is 0.604. The van der Waals surface area contributed by atoms with Gasteiger partial charge in [0.25, 0.3) is 0 Å². The Hall–Kier alpha value is -0.830. The van der Waals surface area contributed by atoms with Gasteiger partial charge in [-0.3, -0.25) is 0 Å². The molecule has 0 saturated heterocycles. The average Bonchev–Trinajstić information content (AvgIpc) is 3.02. The third-order valence-electron chi connectivity index (χ3n) is 4.81. The van der Waals surface area contributed by atoms with E-state index in [0.29, 0.717) is 5.15 Å². The predicted molar refractivity (Wildman–Crippen MR) is 78.5 cm³/mol. The van der Waals surface area contributed by atoms with Crippen molar-refractivity contribution in [2.24, 2.45) is 17.8 Å². The zero-order valence-electron chi connectivity index (χ0n) is 11.5. The molecule has 0 spiro atoms. The summed E-state index contributed by atoms with van der Waals surface area (Å²) >= 11 is 6.18. The Morgan fingerprint density at radius 2 is 2.21 bits per heavy atom. The minimum Gasteiger partial charge on any atom is -0.369 e. The molecular formula is C15H22ClN3. The van der Waals surface area contributed by atoms with Crippen molar-refractivity contribution < 1.29 is 0 Å². The van der Waals surface area contributed by atoms with Crippen molar-refractivity contribution in [1.82, 2.24) is 9.97 Å². The van der Waals surface area contributed by atoms with E-state index in [-0.39, 0.29) is 0 Å². The van der Waals surface area contributed by atoms with E-state index < -0.39 is 0 Å². The maximum Gasteiger partial charge on any atom is 0.137 e. The van der Waals surface area contributed by atoms with Crippen LogP contribution >= 0.6 is 11.6 Å². The molecule has 1 aromatic rings. The second-order valence-electron chi connectivity index (χ2n) is 6.06. The van der Waals surface area contributed by atoms with Gasteiger partial charge in [-0.15, -0.1) is 0 Å². The lowest BCUT2D eigenvalue weighted by Crippen LogP contribution is -2.21. The van der Waals surface area contributed by atoms with Crippen molar-refractivity contribution in [3.63, 3.8) is 0 Å². The number of nitrogens with one attached hydrogen (secondary N) is 1. The van der Waals surface area contributed by atoms with E-state index in [2.05, 4.69) is 22.2 Å². The lowest BCUT2D eigenvalue weighted by Gasteiger charge is -2.22. The van der Waals surface area contributed by atoms with E-state index >= 15 is 0 Å². The third kappa shape index (κ3) is 2.71. The Kier molecular flexibility index (Phi) is 3.92. The standard InChI is InChI=1S/C15H22ClN3/c1-2-3-13-14(16)18-9-19-15(13)17-8-12-7-10-4-5-11(12)6-10/h9-12H,2-8H2,1H3,(H,17,18,19). The first-order chi connectivity index (χ1) is 9.28. The van der Waals surface area contributed by atoms with Crippen LogP contribution in [0.3, 0.4) is 0 Å². The van der Waals surface area contributed by atoms with E-state index in [0.717, 1.165) is 48.5 Å². The fourth-order valence-electron chi connectivity index (χ4n) is 3.87. The van der Waals surface area contributed by atoms with E-state index in [9.17, 15) is 0 Å². The topological polar surface area (TPSA) is 37.8 Å². The Balaban J connectivity index is 1.65. The average molecular weight is 280 g/mol. The monoisotopic (exact) mass is 279 g/mol. The summed E-state index contributed by atoms with van der Waals surface area (Å²) in [7, 11) is 0. The number of hydrogen-bond donors (Lipinski definition) is 1. The molecule has 3 nitrogen and oxygen atoms in total. The molecule has 1 N–H and O–H groups in total. The molecule has 0 amide bonds. The molecule has 4 heteroatoms. The highest BCUT2D eigenvalue weighted by molar-refractivity contribution is 6.30. The van der Waals surface area contributed by atoms with Crippen LogP contribution in [0.15, 0.2) is 6.33 Å². The van der Waals surface area contributed by atoms with E-state index in [1.54, 1.807) is 6.33 Å². The summed E-state index contributed by atoms with van der Waals surface area (Å²) in [6, 6.07) is 0. The number of hydrogen-bond acceptors (Lipinski definition) is 3. The molecule has 19 heavy (non-hydrogen) atoms. The first-order valence-electron chi connectivity index (χ1n) is 7.51. The SMILES string of the molecule is CCCc1c(Cl)ncnc1NCC1CC2CCC1C2. The lowest BCUT2D eigenvalue weighted by atomic mass is 9.89. The Morgan fingerprint density at radius 1 is 1.32 bits per heavy atom. The van der Waals surface area contributed by atoms with Gasteiger partial charge in [-0.1, -0.05) is 31.4 Å². The summed E-state index contributed by atoms with van der Waals surface area (Å²) in [5, 5.41) is 4.13. The van der Waals surface area contributed by atoms with Crippen molar-refractivity contribution in [3.8, 4) is 0 Å². The Labute approximate surface area is 120 Å². The number of nitrogens with zero attached hydrogens (tertiary/aromatic N) is 2. The van der Waals surface area contributed by atoms with Crippen LogP contribution in [-0.2, 0) is 6.42 Å². The smallest absolute Gasteiger partial charge is 0.137 e. The van der Waals surface area contributed by atoms with E-state index in [1.807, 2.05) is 0 Å². The van der Waals surface area contributed by atoms with Crippen molar-refractivity contribution in [2.45, 2.75) is 45.4 Å². The van der Waals surface area contributed by atoms with Crippen LogP contribution in [0.25, 0.3) is 0 Å². The van der Waals surface area contributed by atoms with Crippen LogP contribution in [0.1, 0.15) is 44.6 Å². The highest BCUT2D eigenvalue weighted by atomic mass is 35.5. The molecule has 2 aliphatic rings. The summed E-state index contributed by atoms with van der Waals surface area (Å²) in [5.41, 5.74) is 1.08. The normalized spacial score (nSPS) is 28.8. The van der Waals surface area contributed by atoms with Gasteiger partial charge >= 0.3 is 0 Å². The number of anilines is 1.